The minimum Gasteiger partial charge on any atom is -0.342 e. The van der Waals surface area contributed by atoms with Crippen LogP contribution in [0.25, 0.3) is 0 Å². The number of likely N-dealkylation sites (tertiary alicyclic amines) is 1. The molecule has 150 valence electrons. The summed E-state index contributed by atoms with van der Waals surface area (Å²) in [6.45, 7) is 4.68. The number of hydrogen-bond donors (Lipinski definition) is 0. The number of nitrogens with zero attached hydrogens (tertiary/aromatic N) is 4. The fourth-order valence-electron chi connectivity index (χ4n) is 5.72. The maximum atomic E-state index is 12.9. The zero-order valence-electron chi connectivity index (χ0n) is 16.8. The predicted molar refractivity (Wildman–Crippen MR) is 104 cm³/mol. The number of piperidine rings is 1. The van der Waals surface area contributed by atoms with E-state index in [0.29, 0.717) is 36.1 Å². The molecule has 2 aliphatic carbocycles. The molecule has 1 aromatic rings. The molecule has 2 amide bonds. The smallest absolute Gasteiger partial charge is 0.226 e. The van der Waals surface area contributed by atoms with E-state index in [2.05, 4.69) is 9.88 Å². The van der Waals surface area contributed by atoms with Crippen molar-refractivity contribution in [2.24, 2.45) is 17.8 Å². The predicted octanol–water partition coefficient (Wildman–Crippen LogP) is 2.52. The van der Waals surface area contributed by atoms with Gasteiger partial charge in [0.25, 0.3) is 0 Å². The Bertz CT molecular complexity index is 775. The lowest BCUT2D eigenvalue weighted by atomic mass is 9.95. The van der Waals surface area contributed by atoms with E-state index in [1.807, 2.05) is 11.1 Å². The molecule has 0 spiro atoms. The van der Waals surface area contributed by atoms with Gasteiger partial charge in [-0.2, -0.15) is 0 Å². The average Bonchev–Trinajstić information content (AvgIpc) is 3.47. The second-order valence-electron chi connectivity index (χ2n) is 9.13. The summed E-state index contributed by atoms with van der Waals surface area (Å²) in [6, 6.07) is 0. The standard InChI is InChI=1S/C22H30N4O2/c1-14(27)26-11-8-19-16(13-26)12-23-21(24-19)15-6-9-25(10-7-15)22(28)20-17-4-2-3-5-18(17)20/h12,15,17-18,20H,2-11,13H2,1H3/t17-,18+,20?. The summed E-state index contributed by atoms with van der Waals surface area (Å²) < 4.78 is 0. The monoisotopic (exact) mass is 382 g/mol. The van der Waals surface area contributed by atoms with Gasteiger partial charge in [0.15, 0.2) is 0 Å². The number of fused-ring (bicyclic) bond motifs is 2. The van der Waals surface area contributed by atoms with Gasteiger partial charge in [0.2, 0.25) is 11.8 Å². The van der Waals surface area contributed by atoms with Crippen LogP contribution in [0, 0.1) is 17.8 Å². The van der Waals surface area contributed by atoms with Crippen molar-refractivity contribution >= 4 is 11.8 Å². The summed E-state index contributed by atoms with van der Waals surface area (Å²) in [5, 5.41) is 0. The maximum absolute atomic E-state index is 12.9. The van der Waals surface area contributed by atoms with E-state index in [9.17, 15) is 9.59 Å². The summed E-state index contributed by atoms with van der Waals surface area (Å²) in [5.41, 5.74) is 2.18. The molecule has 1 saturated heterocycles. The molecule has 6 nitrogen and oxygen atoms in total. The minimum absolute atomic E-state index is 0.113. The van der Waals surface area contributed by atoms with Crippen LogP contribution in [0.2, 0.25) is 0 Å². The van der Waals surface area contributed by atoms with E-state index in [4.69, 9.17) is 4.98 Å². The lowest BCUT2D eigenvalue weighted by Crippen LogP contribution is -2.40. The molecule has 1 aromatic heterocycles. The quantitative estimate of drug-likeness (QED) is 0.788. The van der Waals surface area contributed by atoms with Crippen LogP contribution in [-0.4, -0.2) is 51.2 Å². The van der Waals surface area contributed by atoms with Crippen molar-refractivity contribution in [2.75, 3.05) is 19.6 Å². The fraction of sp³-hybridized carbons (Fsp3) is 0.727. The number of rotatable bonds is 2. The largest absolute Gasteiger partial charge is 0.342 e. The molecule has 3 fully saturated rings. The van der Waals surface area contributed by atoms with Gasteiger partial charge < -0.3 is 9.80 Å². The van der Waals surface area contributed by atoms with Gasteiger partial charge in [0, 0.05) is 63.1 Å². The van der Waals surface area contributed by atoms with Crippen LogP contribution in [0.3, 0.4) is 0 Å². The van der Waals surface area contributed by atoms with Gasteiger partial charge in [-0.05, 0) is 37.5 Å². The number of aromatic nitrogens is 2. The van der Waals surface area contributed by atoms with Crippen molar-refractivity contribution in [3.63, 3.8) is 0 Å². The van der Waals surface area contributed by atoms with Crippen LogP contribution in [0.4, 0.5) is 0 Å². The van der Waals surface area contributed by atoms with E-state index < -0.39 is 0 Å². The van der Waals surface area contributed by atoms with Crippen molar-refractivity contribution in [3.05, 3.63) is 23.3 Å². The first-order valence-corrected chi connectivity index (χ1v) is 11.0. The molecule has 5 rings (SSSR count). The molecule has 0 bridgehead atoms. The Kier molecular flexibility index (Phi) is 4.60. The molecule has 1 unspecified atom stereocenters. The van der Waals surface area contributed by atoms with E-state index in [0.717, 1.165) is 56.0 Å². The molecule has 4 aliphatic rings. The minimum atomic E-state index is 0.113. The third-order valence-electron chi connectivity index (χ3n) is 7.51. The first-order valence-electron chi connectivity index (χ1n) is 11.0. The van der Waals surface area contributed by atoms with Gasteiger partial charge in [-0.25, -0.2) is 9.97 Å². The molecule has 0 N–H and O–H groups in total. The normalized spacial score (nSPS) is 29.8. The third kappa shape index (κ3) is 3.20. The average molecular weight is 383 g/mol. The third-order valence-corrected chi connectivity index (χ3v) is 7.51. The highest BCUT2D eigenvalue weighted by Crippen LogP contribution is 2.56. The summed E-state index contributed by atoms with van der Waals surface area (Å²) >= 11 is 0. The van der Waals surface area contributed by atoms with Crippen molar-refractivity contribution < 1.29 is 9.59 Å². The van der Waals surface area contributed by atoms with Crippen molar-refractivity contribution in [1.29, 1.82) is 0 Å². The highest BCUT2D eigenvalue weighted by Gasteiger charge is 2.55. The van der Waals surface area contributed by atoms with Gasteiger partial charge in [0.05, 0.1) is 5.69 Å². The van der Waals surface area contributed by atoms with E-state index in [1.165, 1.54) is 25.7 Å². The molecule has 0 radical (unpaired) electrons. The van der Waals surface area contributed by atoms with Crippen LogP contribution in [0.15, 0.2) is 6.20 Å². The second kappa shape index (κ2) is 7.12. The SMILES string of the molecule is CC(=O)N1CCc2nc(C3CCN(C(=O)C4[C@H]5CCCC[C@@H]45)CC3)ncc2C1. The van der Waals surface area contributed by atoms with Gasteiger partial charge >= 0.3 is 0 Å². The second-order valence-corrected chi connectivity index (χ2v) is 9.13. The molecule has 3 heterocycles. The lowest BCUT2D eigenvalue weighted by molar-refractivity contribution is -0.134. The van der Waals surface area contributed by atoms with Gasteiger partial charge in [-0.3, -0.25) is 9.59 Å². The van der Waals surface area contributed by atoms with Crippen molar-refractivity contribution in [3.8, 4) is 0 Å². The van der Waals surface area contributed by atoms with Crippen LogP contribution >= 0.6 is 0 Å². The number of amides is 2. The molecule has 2 saturated carbocycles. The Morgan fingerprint density at radius 2 is 1.71 bits per heavy atom. The Morgan fingerprint density at radius 1 is 1.00 bits per heavy atom. The van der Waals surface area contributed by atoms with E-state index in [-0.39, 0.29) is 5.91 Å². The molecule has 6 heteroatoms. The van der Waals surface area contributed by atoms with E-state index >= 15 is 0 Å². The highest BCUT2D eigenvalue weighted by atomic mass is 16.2. The van der Waals surface area contributed by atoms with E-state index in [1.54, 1.807) is 6.92 Å². The molecule has 0 aromatic carbocycles. The topological polar surface area (TPSA) is 66.4 Å². The van der Waals surface area contributed by atoms with Crippen LogP contribution in [-0.2, 0) is 22.6 Å². The van der Waals surface area contributed by atoms with Crippen molar-refractivity contribution in [1.82, 2.24) is 19.8 Å². The van der Waals surface area contributed by atoms with Gasteiger partial charge in [-0.15, -0.1) is 0 Å². The summed E-state index contributed by atoms with van der Waals surface area (Å²) in [5.74, 6) is 3.54. The number of carbonyl (C=O) groups excluding carboxylic acids is 2. The molecular formula is C22H30N4O2. The first kappa shape index (κ1) is 18.1. The molecule has 28 heavy (non-hydrogen) atoms. The van der Waals surface area contributed by atoms with Gasteiger partial charge in [-0.1, -0.05) is 12.8 Å². The van der Waals surface area contributed by atoms with Crippen molar-refractivity contribution in [2.45, 2.75) is 64.3 Å². The van der Waals surface area contributed by atoms with Crippen LogP contribution < -0.4 is 0 Å². The summed E-state index contributed by atoms with van der Waals surface area (Å²) in [7, 11) is 0. The zero-order chi connectivity index (χ0) is 19.3. The van der Waals surface area contributed by atoms with Crippen LogP contribution in [0.1, 0.15) is 68.4 Å². The molecule has 2 aliphatic heterocycles. The number of hydrogen-bond acceptors (Lipinski definition) is 4. The summed E-state index contributed by atoms with van der Waals surface area (Å²) in [4.78, 5) is 38.0. The summed E-state index contributed by atoms with van der Waals surface area (Å²) in [6.07, 6.45) is 9.81. The molecule has 3 atom stereocenters. The molecular weight excluding hydrogens is 352 g/mol. The Morgan fingerprint density at radius 3 is 2.39 bits per heavy atom. The Labute approximate surface area is 166 Å². The zero-order valence-corrected chi connectivity index (χ0v) is 16.8. The van der Waals surface area contributed by atoms with Crippen LogP contribution in [0.5, 0.6) is 0 Å². The Balaban J connectivity index is 1.19. The highest BCUT2D eigenvalue weighted by molar-refractivity contribution is 5.82. The Hall–Kier alpha value is -1.98. The fourth-order valence-corrected chi connectivity index (χ4v) is 5.72. The lowest BCUT2D eigenvalue weighted by Gasteiger charge is -2.32. The maximum Gasteiger partial charge on any atom is 0.226 e. The number of carbonyl (C=O) groups is 2. The first-order chi connectivity index (χ1) is 13.6. The van der Waals surface area contributed by atoms with Gasteiger partial charge in [0.1, 0.15) is 5.82 Å².